The zero-order chi connectivity index (χ0) is 18.3. The van der Waals surface area contributed by atoms with Crippen LogP contribution in [0.3, 0.4) is 0 Å². The highest BCUT2D eigenvalue weighted by molar-refractivity contribution is 8.14. The van der Waals surface area contributed by atoms with Crippen LogP contribution >= 0.6 is 23.4 Å². The van der Waals surface area contributed by atoms with Crippen LogP contribution in [0.4, 0.5) is 5.69 Å². The summed E-state index contributed by atoms with van der Waals surface area (Å²) >= 11 is 7.67. The molecule has 0 fully saturated rings. The molecule has 0 radical (unpaired) electrons. The number of rotatable bonds is 2. The van der Waals surface area contributed by atoms with Crippen LogP contribution in [0, 0.1) is 6.92 Å². The lowest BCUT2D eigenvalue weighted by Crippen LogP contribution is -2.35. The normalized spacial score (nSPS) is 21.4. The molecule has 0 saturated heterocycles. The van der Waals surface area contributed by atoms with Crippen LogP contribution in [0.2, 0.25) is 5.02 Å². The maximum absolute atomic E-state index is 12.5. The van der Waals surface area contributed by atoms with Crippen LogP contribution in [-0.4, -0.2) is 28.4 Å². The fourth-order valence-electron chi connectivity index (χ4n) is 3.19. The van der Waals surface area contributed by atoms with Crippen molar-refractivity contribution in [1.82, 2.24) is 4.98 Å². The van der Waals surface area contributed by atoms with E-state index in [1.165, 1.54) is 11.8 Å². The number of thioether (sulfide) groups is 1. The molecule has 1 aromatic carbocycles. The van der Waals surface area contributed by atoms with Crippen molar-refractivity contribution in [3.05, 3.63) is 57.9 Å². The van der Waals surface area contributed by atoms with Crippen molar-refractivity contribution in [3.63, 3.8) is 0 Å². The second-order valence-electron chi connectivity index (χ2n) is 6.43. The van der Waals surface area contributed by atoms with Gasteiger partial charge in [0, 0.05) is 17.6 Å². The summed E-state index contributed by atoms with van der Waals surface area (Å²) < 4.78 is 5.71. The number of amides is 1. The fourth-order valence-corrected chi connectivity index (χ4v) is 4.43. The number of aromatic nitrogens is 1. The van der Waals surface area contributed by atoms with Crippen LogP contribution in [0.5, 0.6) is 0 Å². The second-order valence-corrected chi connectivity index (χ2v) is 7.84. The van der Waals surface area contributed by atoms with Gasteiger partial charge in [-0.1, -0.05) is 29.4 Å². The van der Waals surface area contributed by atoms with Crippen molar-refractivity contribution in [2.24, 2.45) is 10.7 Å². The summed E-state index contributed by atoms with van der Waals surface area (Å²) in [7, 11) is 0. The summed E-state index contributed by atoms with van der Waals surface area (Å²) in [4.78, 5) is 21.3. The largest absolute Gasteiger partial charge is 0.379 e. The highest BCUT2D eigenvalue weighted by atomic mass is 35.5. The first kappa shape index (κ1) is 17.3. The summed E-state index contributed by atoms with van der Waals surface area (Å²) in [6.45, 7) is 2.88. The van der Waals surface area contributed by atoms with Crippen molar-refractivity contribution in [3.8, 4) is 0 Å². The minimum atomic E-state index is -0.483. The Balaban J connectivity index is 1.65. The maximum Gasteiger partial charge on any atom is 0.275 e. The molecule has 1 aromatic heterocycles. The first-order chi connectivity index (χ1) is 12.5. The van der Waals surface area contributed by atoms with E-state index in [1.54, 1.807) is 12.3 Å². The quantitative estimate of drug-likeness (QED) is 0.825. The summed E-state index contributed by atoms with van der Waals surface area (Å²) in [5.74, 6) is 0.383. The van der Waals surface area contributed by atoms with Gasteiger partial charge in [-0.25, -0.2) is 9.98 Å². The van der Waals surface area contributed by atoms with Gasteiger partial charge in [-0.2, -0.15) is 0 Å². The lowest BCUT2D eigenvalue weighted by Gasteiger charge is -2.32. The van der Waals surface area contributed by atoms with Crippen LogP contribution in [0.15, 0.2) is 35.5 Å². The van der Waals surface area contributed by atoms with E-state index in [0.717, 1.165) is 22.4 Å². The highest BCUT2D eigenvalue weighted by Gasteiger charge is 2.41. The van der Waals surface area contributed by atoms with Crippen LogP contribution in [0.25, 0.3) is 0 Å². The van der Waals surface area contributed by atoms with Gasteiger partial charge in [-0.05, 0) is 41.8 Å². The summed E-state index contributed by atoms with van der Waals surface area (Å²) in [5.41, 5.74) is 9.26. The monoisotopic (exact) mass is 388 g/mol. The van der Waals surface area contributed by atoms with Gasteiger partial charge < -0.3 is 15.8 Å². The van der Waals surface area contributed by atoms with Crippen molar-refractivity contribution >= 4 is 40.1 Å². The molecule has 134 valence electrons. The zero-order valence-corrected chi connectivity index (χ0v) is 15.7. The molecule has 1 atom stereocenters. The number of hydrogen-bond donors (Lipinski definition) is 2. The Morgan fingerprint density at radius 3 is 3.00 bits per heavy atom. The number of fused-ring (bicyclic) bond motifs is 2. The number of anilines is 1. The Hall–Kier alpha value is -2.09. The van der Waals surface area contributed by atoms with Crippen molar-refractivity contribution in [1.29, 1.82) is 0 Å². The Bertz CT molecular complexity index is 933. The molecule has 26 heavy (non-hydrogen) atoms. The minimum absolute atomic E-state index is 0.201. The number of carbonyl (C=O) groups is 1. The fraction of sp³-hybridized carbons (Fsp3) is 0.278. The molecule has 4 rings (SSSR count). The predicted molar refractivity (Wildman–Crippen MR) is 104 cm³/mol. The molecule has 3 heterocycles. The molecule has 0 bridgehead atoms. The smallest absolute Gasteiger partial charge is 0.275 e. The maximum atomic E-state index is 12.5. The van der Waals surface area contributed by atoms with Gasteiger partial charge in [0.2, 0.25) is 0 Å². The molecular formula is C18H17ClN4O2S. The summed E-state index contributed by atoms with van der Waals surface area (Å²) in [6.07, 6.45) is 1.62. The van der Waals surface area contributed by atoms with E-state index in [-0.39, 0.29) is 11.6 Å². The van der Waals surface area contributed by atoms with Crippen molar-refractivity contribution in [2.75, 3.05) is 17.7 Å². The number of aliphatic imine (C=N–C) groups is 1. The van der Waals surface area contributed by atoms with Crippen molar-refractivity contribution < 1.29 is 9.53 Å². The molecule has 2 aromatic rings. The number of nitrogens with zero attached hydrogens (tertiary/aromatic N) is 2. The van der Waals surface area contributed by atoms with E-state index in [2.05, 4.69) is 15.3 Å². The lowest BCUT2D eigenvalue weighted by atomic mass is 9.87. The number of pyridine rings is 1. The molecular weight excluding hydrogens is 372 g/mol. The van der Waals surface area contributed by atoms with E-state index >= 15 is 0 Å². The molecule has 1 unspecified atom stereocenters. The molecule has 0 aliphatic carbocycles. The Kier molecular flexibility index (Phi) is 4.38. The Morgan fingerprint density at radius 2 is 2.27 bits per heavy atom. The first-order valence-corrected chi connectivity index (χ1v) is 9.46. The summed E-state index contributed by atoms with van der Waals surface area (Å²) in [6, 6.07) is 7.46. The molecule has 0 saturated carbocycles. The topological polar surface area (TPSA) is 89.6 Å². The van der Waals surface area contributed by atoms with E-state index < -0.39 is 5.54 Å². The van der Waals surface area contributed by atoms with Crippen LogP contribution in [-0.2, 0) is 16.9 Å². The third kappa shape index (κ3) is 3.06. The molecule has 1 amide bonds. The molecule has 3 N–H and O–H groups in total. The predicted octanol–water partition coefficient (Wildman–Crippen LogP) is 3.08. The number of ether oxygens (including phenoxy) is 1. The van der Waals surface area contributed by atoms with Gasteiger partial charge in [-0.3, -0.25) is 4.79 Å². The molecule has 6 nitrogen and oxygen atoms in total. The number of hydrogen-bond acceptors (Lipinski definition) is 6. The van der Waals surface area contributed by atoms with Gasteiger partial charge in [0.05, 0.1) is 18.2 Å². The van der Waals surface area contributed by atoms with Crippen LogP contribution < -0.4 is 11.1 Å². The minimum Gasteiger partial charge on any atom is -0.379 e. The Labute approximate surface area is 160 Å². The molecule has 2 aliphatic rings. The number of nitrogens with one attached hydrogen (secondary N) is 1. The summed E-state index contributed by atoms with van der Waals surface area (Å²) in [5, 5.41) is 3.76. The third-order valence-corrected chi connectivity index (χ3v) is 5.74. The number of aryl methyl sites for hydroxylation is 1. The lowest BCUT2D eigenvalue weighted by molar-refractivity contribution is 0.0634. The van der Waals surface area contributed by atoms with E-state index in [4.69, 9.17) is 22.1 Å². The standard InChI is InChI=1S/C18H17ClN4O2S/c1-10-4-14(19)15(21-6-10)16(24)22-12-3-2-11-7-25-8-18(13(11)5-12)9-26-17(20)23-18/h2-6H,7-9H2,1H3,(H2,20,23)(H,22,24). The number of halogens is 1. The van der Waals surface area contributed by atoms with E-state index in [0.29, 0.717) is 29.1 Å². The van der Waals surface area contributed by atoms with E-state index in [1.807, 2.05) is 25.1 Å². The molecule has 1 spiro atoms. The third-order valence-electron chi connectivity index (χ3n) is 4.44. The van der Waals surface area contributed by atoms with Crippen molar-refractivity contribution in [2.45, 2.75) is 19.1 Å². The number of carbonyl (C=O) groups excluding carboxylic acids is 1. The highest BCUT2D eigenvalue weighted by Crippen LogP contribution is 2.41. The average Bonchev–Trinajstić information content (AvgIpc) is 2.97. The zero-order valence-electron chi connectivity index (χ0n) is 14.1. The Morgan fingerprint density at radius 1 is 1.42 bits per heavy atom. The number of benzene rings is 1. The van der Waals surface area contributed by atoms with E-state index in [9.17, 15) is 4.79 Å². The van der Waals surface area contributed by atoms with Gasteiger partial charge in [0.15, 0.2) is 5.17 Å². The number of nitrogens with two attached hydrogens (primary N) is 1. The molecule has 2 aliphatic heterocycles. The van der Waals surface area contributed by atoms with Gasteiger partial charge >= 0.3 is 0 Å². The first-order valence-electron chi connectivity index (χ1n) is 8.10. The number of amidine groups is 1. The van der Waals surface area contributed by atoms with Crippen LogP contribution in [0.1, 0.15) is 27.2 Å². The van der Waals surface area contributed by atoms with Gasteiger partial charge in [0.25, 0.3) is 5.91 Å². The van der Waals surface area contributed by atoms with Gasteiger partial charge in [0.1, 0.15) is 11.2 Å². The molecule has 8 heteroatoms. The second kappa shape index (κ2) is 6.57. The van der Waals surface area contributed by atoms with Gasteiger partial charge in [-0.15, -0.1) is 0 Å². The average molecular weight is 389 g/mol. The SMILES string of the molecule is Cc1cnc(C(=O)Nc2ccc3c(c2)C2(COC3)CSC(N)=N2)c(Cl)c1.